The summed E-state index contributed by atoms with van der Waals surface area (Å²) in [5.74, 6) is 2.75. The van der Waals surface area contributed by atoms with E-state index < -0.39 is 0 Å². The van der Waals surface area contributed by atoms with E-state index in [0.717, 1.165) is 46.6 Å². The fraction of sp³-hybridized carbons (Fsp3) is 0.318. The smallest absolute Gasteiger partial charge is 0.255 e. The molecule has 0 N–H and O–H groups in total. The van der Waals surface area contributed by atoms with Crippen molar-refractivity contribution in [2.24, 2.45) is 0 Å². The highest BCUT2D eigenvalue weighted by Crippen LogP contribution is 2.29. The Hall–Kier alpha value is -2.38. The topological polar surface area (TPSA) is 49.3 Å². The molecule has 0 atom stereocenters. The Labute approximate surface area is 179 Å². The summed E-state index contributed by atoms with van der Waals surface area (Å²) in [6, 6.07) is 14.2. The number of carbonyl (C=O) groups excluding carboxylic acids is 1. The molecule has 1 fully saturated rings. The van der Waals surface area contributed by atoms with Gasteiger partial charge in [-0.2, -0.15) is 0 Å². The van der Waals surface area contributed by atoms with Gasteiger partial charge in [-0.3, -0.25) is 4.79 Å². The number of amides is 1. The molecule has 5 nitrogen and oxygen atoms in total. The zero-order valence-corrected chi connectivity index (χ0v) is 18.3. The number of carbonyl (C=O) groups is 1. The lowest BCUT2D eigenvalue weighted by Crippen LogP contribution is -2.49. The summed E-state index contributed by atoms with van der Waals surface area (Å²) >= 11 is 3.49. The molecule has 7 heteroatoms. The van der Waals surface area contributed by atoms with Crippen LogP contribution in [-0.4, -0.2) is 47.0 Å². The number of aryl methyl sites for hydroxylation is 2. The molecule has 1 aliphatic heterocycles. The summed E-state index contributed by atoms with van der Waals surface area (Å²) in [7, 11) is 0. The van der Waals surface area contributed by atoms with Crippen molar-refractivity contribution in [2.45, 2.75) is 24.5 Å². The van der Waals surface area contributed by atoms with Gasteiger partial charge in [0.1, 0.15) is 11.6 Å². The molecule has 3 aromatic rings. The van der Waals surface area contributed by atoms with Gasteiger partial charge in [0.2, 0.25) is 0 Å². The highest BCUT2D eigenvalue weighted by atomic mass is 32.2. The molecule has 1 aliphatic rings. The number of thiophene rings is 1. The van der Waals surface area contributed by atoms with Crippen LogP contribution in [-0.2, 0) is 5.75 Å². The molecule has 4 rings (SSSR count). The molecule has 1 saturated heterocycles. The van der Waals surface area contributed by atoms with Crippen LogP contribution in [0.15, 0.2) is 52.7 Å². The van der Waals surface area contributed by atoms with Gasteiger partial charge < -0.3 is 9.80 Å². The first-order chi connectivity index (χ1) is 14.1. The van der Waals surface area contributed by atoms with Gasteiger partial charge in [0.25, 0.3) is 5.91 Å². The molecule has 2 aromatic heterocycles. The first kappa shape index (κ1) is 19.9. The largest absolute Gasteiger partial charge is 0.353 e. The third-order valence-electron chi connectivity index (χ3n) is 4.91. The van der Waals surface area contributed by atoms with E-state index in [0.29, 0.717) is 13.1 Å². The van der Waals surface area contributed by atoms with Crippen molar-refractivity contribution in [1.29, 1.82) is 0 Å². The van der Waals surface area contributed by atoms with E-state index in [1.54, 1.807) is 23.1 Å². The standard InChI is InChI=1S/C22H24N4OS2/c1-16-14-21(24-17(2)23-16)25-9-11-26(12-10-25)22(27)19-7-3-4-8-20(19)29-15-18-6-5-13-28-18/h3-8,13-14H,9-12,15H2,1-2H3. The van der Waals surface area contributed by atoms with Crippen LogP contribution in [0.1, 0.15) is 26.8 Å². The maximum absolute atomic E-state index is 13.2. The normalized spacial score (nSPS) is 14.3. The molecule has 29 heavy (non-hydrogen) atoms. The highest BCUT2D eigenvalue weighted by molar-refractivity contribution is 7.98. The monoisotopic (exact) mass is 424 g/mol. The van der Waals surface area contributed by atoms with Crippen LogP contribution in [0.2, 0.25) is 0 Å². The summed E-state index contributed by atoms with van der Waals surface area (Å²) in [4.78, 5) is 28.7. The molecule has 1 aromatic carbocycles. The van der Waals surface area contributed by atoms with Gasteiger partial charge in [-0.05, 0) is 37.4 Å². The molecule has 150 valence electrons. The molecule has 0 aliphatic carbocycles. The molecular weight excluding hydrogens is 400 g/mol. The lowest BCUT2D eigenvalue weighted by molar-refractivity contribution is 0.0743. The number of nitrogens with zero attached hydrogens (tertiary/aromatic N) is 4. The van der Waals surface area contributed by atoms with Crippen LogP contribution >= 0.6 is 23.1 Å². The van der Waals surface area contributed by atoms with Crippen molar-refractivity contribution in [3.63, 3.8) is 0 Å². The average Bonchev–Trinajstić information content (AvgIpc) is 3.25. The maximum atomic E-state index is 13.2. The molecule has 3 heterocycles. The molecule has 0 saturated carbocycles. The van der Waals surface area contributed by atoms with Gasteiger partial charge in [0.05, 0.1) is 5.56 Å². The number of aromatic nitrogens is 2. The number of hydrogen-bond donors (Lipinski definition) is 0. The van der Waals surface area contributed by atoms with Gasteiger partial charge in [0, 0.05) is 53.5 Å². The molecular formula is C22H24N4OS2. The van der Waals surface area contributed by atoms with E-state index >= 15 is 0 Å². The van der Waals surface area contributed by atoms with Gasteiger partial charge in [-0.1, -0.05) is 18.2 Å². The third kappa shape index (κ3) is 4.79. The number of thioether (sulfide) groups is 1. The minimum atomic E-state index is 0.119. The van der Waals surface area contributed by atoms with E-state index in [4.69, 9.17) is 0 Å². The SMILES string of the molecule is Cc1cc(N2CCN(C(=O)c3ccccc3SCc3cccs3)CC2)nc(C)n1. The Bertz CT molecular complexity index is 962. The van der Waals surface area contributed by atoms with Crippen molar-refractivity contribution >= 4 is 34.8 Å². The van der Waals surface area contributed by atoms with E-state index in [-0.39, 0.29) is 5.91 Å². The fourth-order valence-electron chi connectivity index (χ4n) is 3.48. The van der Waals surface area contributed by atoms with Crippen molar-refractivity contribution < 1.29 is 4.79 Å². The van der Waals surface area contributed by atoms with Crippen molar-refractivity contribution in [3.8, 4) is 0 Å². The third-order valence-corrected chi connectivity index (χ3v) is 7.09. The fourth-order valence-corrected chi connectivity index (χ4v) is 5.30. The first-order valence-electron chi connectivity index (χ1n) is 9.71. The second-order valence-corrected chi connectivity index (χ2v) is 9.11. The van der Waals surface area contributed by atoms with Gasteiger partial charge in [-0.25, -0.2) is 9.97 Å². The molecule has 1 amide bonds. The Kier molecular flexibility index (Phi) is 6.16. The molecule has 0 bridgehead atoms. The number of rotatable bonds is 5. The maximum Gasteiger partial charge on any atom is 0.255 e. The lowest BCUT2D eigenvalue weighted by Gasteiger charge is -2.35. The Morgan fingerprint density at radius 2 is 1.86 bits per heavy atom. The summed E-state index contributed by atoms with van der Waals surface area (Å²) in [6.45, 7) is 6.87. The van der Waals surface area contributed by atoms with Crippen LogP contribution in [0.3, 0.4) is 0 Å². The van der Waals surface area contributed by atoms with Gasteiger partial charge >= 0.3 is 0 Å². The summed E-state index contributed by atoms with van der Waals surface area (Å²) in [5, 5.41) is 2.09. The van der Waals surface area contributed by atoms with Crippen LogP contribution in [0.5, 0.6) is 0 Å². The van der Waals surface area contributed by atoms with Gasteiger partial charge in [-0.15, -0.1) is 23.1 Å². The summed E-state index contributed by atoms with van der Waals surface area (Å²) in [5.41, 5.74) is 1.78. The van der Waals surface area contributed by atoms with Crippen LogP contribution in [0.4, 0.5) is 5.82 Å². The van der Waals surface area contributed by atoms with Crippen molar-refractivity contribution in [1.82, 2.24) is 14.9 Å². The summed E-state index contributed by atoms with van der Waals surface area (Å²) in [6.07, 6.45) is 0. The lowest BCUT2D eigenvalue weighted by atomic mass is 10.2. The van der Waals surface area contributed by atoms with Crippen molar-refractivity contribution in [3.05, 3.63) is 69.8 Å². The van der Waals surface area contributed by atoms with Gasteiger partial charge in [0.15, 0.2) is 0 Å². The molecule has 0 spiro atoms. The quantitative estimate of drug-likeness (QED) is 0.568. The second kappa shape index (κ2) is 8.97. The predicted octanol–water partition coefficient (Wildman–Crippen LogP) is 4.41. The summed E-state index contributed by atoms with van der Waals surface area (Å²) < 4.78 is 0. The Morgan fingerprint density at radius 1 is 1.07 bits per heavy atom. The minimum Gasteiger partial charge on any atom is -0.353 e. The van der Waals surface area contributed by atoms with Crippen LogP contribution < -0.4 is 4.90 Å². The van der Waals surface area contributed by atoms with E-state index in [1.165, 1.54) is 4.88 Å². The number of benzene rings is 1. The first-order valence-corrected chi connectivity index (χ1v) is 11.6. The van der Waals surface area contributed by atoms with E-state index in [9.17, 15) is 4.79 Å². The van der Waals surface area contributed by atoms with Crippen LogP contribution in [0.25, 0.3) is 0 Å². The predicted molar refractivity (Wildman–Crippen MR) is 120 cm³/mol. The number of hydrogen-bond acceptors (Lipinski definition) is 6. The zero-order valence-electron chi connectivity index (χ0n) is 16.7. The number of anilines is 1. The van der Waals surface area contributed by atoms with E-state index in [2.05, 4.69) is 32.4 Å². The molecule has 0 unspecified atom stereocenters. The Morgan fingerprint density at radius 3 is 2.59 bits per heavy atom. The second-order valence-electron chi connectivity index (χ2n) is 7.06. The minimum absolute atomic E-state index is 0.119. The Balaban J connectivity index is 1.42. The average molecular weight is 425 g/mol. The number of piperazine rings is 1. The molecule has 0 radical (unpaired) electrons. The zero-order chi connectivity index (χ0) is 20.2. The van der Waals surface area contributed by atoms with E-state index in [1.807, 2.05) is 49.1 Å². The van der Waals surface area contributed by atoms with Crippen LogP contribution in [0, 0.1) is 13.8 Å². The highest BCUT2D eigenvalue weighted by Gasteiger charge is 2.24. The van der Waals surface area contributed by atoms with Crippen molar-refractivity contribution in [2.75, 3.05) is 31.1 Å².